The van der Waals surface area contributed by atoms with Crippen molar-refractivity contribution in [2.45, 2.75) is 31.7 Å². The summed E-state index contributed by atoms with van der Waals surface area (Å²) in [6.07, 6.45) is 2.95. The molecule has 4 nitrogen and oxygen atoms in total. The van der Waals surface area contributed by atoms with Gasteiger partial charge in [0.15, 0.2) is 0 Å². The zero-order chi connectivity index (χ0) is 11.3. The van der Waals surface area contributed by atoms with E-state index < -0.39 is 0 Å². The summed E-state index contributed by atoms with van der Waals surface area (Å²) in [6.45, 7) is 4.10. The Morgan fingerprint density at radius 3 is 2.53 bits per heavy atom. The predicted molar refractivity (Wildman–Crippen MR) is 59.8 cm³/mol. The van der Waals surface area contributed by atoms with E-state index in [4.69, 9.17) is 4.74 Å². The van der Waals surface area contributed by atoms with Crippen LogP contribution in [0.2, 0.25) is 0 Å². The van der Waals surface area contributed by atoms with E-state index in [0.29, 0.717) is 6.61 Å². The lowest BCUT2D eigenvalue weighted by Gasteiger charge is -2.40. The smallest absolute Gasteiger partial charge is 0.326 e. The normalized spacial score (nSPS) is 18.7. The van der Waals surface area contributed by atoms with E-state index in [0.717, 1.165) is 32.4 Å². The maximum absolute atomic E-state index is 11.7. The molecule has 0 aromatic rings. The number of carbonyl (C=O) groups excluding carboxylic acids is 1. The van der Waals surface area contributed by atoms with Crippen molar-refractivity contribution in [2.75, 3.05) is 33.8 Å². The van der Waals surface area contributed by atoms with Gasteiger partial charge in [-0.3, -0.25) is 4.79 Å². The van der Waals surface area contributed by atoms with Crippen LogP contribution in [-0.2, 0) is 9.53 Å². The molecule has 0 unspecified atom stereocenters. The molecular formula is C11H22N2O2. The summed E-state index contributed by atoms with van der Waals surface area (Å²) >= 11 is 0. The number of carbonyl (C=O) groups is 1. The fraction of sp³-hybridized carbons (Fsp3) is 0.909. The van der Waals surface area contributed by atoms with Gasteiger partial charge in [0, 0.05) is 13.1 Å². The highest BCUT2D eigenvalue weighted by molar-refractivity contribution is 5.82. The molecule has 4 heteroatoms. The minimum absolute atomic E-state index is 0.0741. The standard InChI is InChI=1S/C11H22N2O2/c1-4-15-10(14)11(6-5-7-11)12-8-9-13(2)3/h12H,4-9H2,1-3H3. The van der Waals surface area contributed by atoms with Gasteiger partial charge in [0.2, 0.25) is 0 Å². The van der Waals surface area contributed by atoms with E-state index in [-0.39, 0.29) is 11.5 Å². The average molecular weight is 214 g/mol. The van der Waals surface area contributed by atoms with Crippen LogP contribution >= 0.6 is 0 Å². The minimum Gasteiger partial charge on any atom is -0.465 e. The molecule has 1 N–H and O–H groups in total. The highest BCUT2D eigenvalue weighted by atomic mass is 16.5. The van der Waals surface area contributed by atoms with Crippen molar-refractivity contribution in [3.8, 4) is 0 Å². The van der Waals surface area contributed by atoms with E-state index in [9.17, 15) is 4.79 Å². The molecule has 0 aliphatic heterocycles. The number of hydrogen-bond acceptors (Lipinski definition) is 4. The van der Waals surface area contributed by atoms with Crippen molar-refractivity contribution in [2.24, 2.45) is 0 Å². The topological polar surface area (TPSA) is 41.6 Å². The Labute approximate surface area is 92.0 Å². The number of nitrogens with zero attached hydrogens (tertiary/aromatic N) is 1. The van der Waals surface area contributed by atoms with E-state index in [1.54, 1.807) is 0 Å². The maximum Gasteiger partial charge on any atom is 0.326 e. The Morgan fingerprint density at radius 2 is 2.13 bits per heavy atom. The van der Waals surface area contributed by atoms with Gasteiger partial charge in [-0.25, -0.2) is 0 Å². The van der Waals surface area contributed by atoms with Gasteiger partial charge < -0.3 is 15.0 Å². The molecule has 1 fully saturated rings. The van der Waals surface area contributed by atoms with Crippen molar-refractivity contribution in [3.05, 3.63) is 0 Å². The molecule has 88 valence electrons. The third-order valence-electron chi connectivity index (χ3n) is 2.90. The number of hydrogen-bond donors (Lipinski definition) is 1. The van der Waals surface area contributed by atoms with Crippen LogP contribution in [0.25, 0.3) is 0 Å². The van der Waals surface area contributed by atoms with E-state index >= 15 is 0 Å². The molecule has 15 heavy (non-hydrogen) atoms. The molecule has 0 bridgehead atoms. The second kappa shape index (κ2) is 5.47. The second-order valence-electron chi connectivity index (χ2n) is 4.39. The van der Waals surface area contributed by atoms with Crippen LogP contribution in [0.4, 0.5) is 0 Å². The lowest BCUT2D eigenvalue weighted by molar-refractivity contribution is -0.155. The molecule has 0 aromatic carbocycles. The molecule has 0 radical (unpaired) electrons. The Bertz CT molecular complexity index is 213. The van der Waals surface area contributed by atoms with Gasteiger partial charge in [-0.1, -0.05) is 0 Å². The molecule has 0 aromatic heterocycles. The van der Waals surface area contributed by atoms with Gasteiger partial charge in [0.05, 0.1) is 6.61 Å². The Morgan fingerprint density at radius 1 is 1.47 bits per heavy atom. The predicted octanol–water partition coefficient (Wildman–Crippen LogP) is 0.623. The summed E-state index contributed by atoms with van der Waals surface area (Å²) in [4.78, 5) is 13.8. The summed E-state index contributed by atoms with van der Waals surface area (Å²) in [6, 6.07) is 0. The molecule has 0 heterocycles. The summed E-state index contributed by atoms with van der Waals surface area (Å²) in [7, 11) is 4.05. The largest absolute Gasteiger partial charge is 0.465 e. The third kappa shape index (κ3) is 3.18. The van der Waals surface area contributed by atoms with Crippen molar-refractivity contribution in [1.82, 2.24) is 10.2 Å². The minimum atomic E-state index is -0.369. The number of ether oxygens (including phenoxy) is 1. The summed E-state index contributed by atoms with van der Waals surface area (Å²) < 4.78 is 5.09. The van der Waals surface area contributed by atoms with Crippen LogP contribution < -0.4 is 5.32 Å². The summed E-state index contributed by atoms with van der Waals surface area (Å²) in [5.74, 6) is -0.0741. The van der Waals surface area contributed by atoms with Crippen molar-refractivity contribution >= 4 is 5.97 Å². The van der Waals surface area contributed by atoms with E-state index in [1.165, 1.54) is 0 Å². The van der Waals surface area contributed by atoms with Crippen LogP contribution in [0.3, 0.4) is 0 Å². The monoisotopic (exact) mass is 214 g/mol. The van der Waals surface area contributed by atoms with Crippen LogP contribution in [-0.4, -0.2) is 50.2 Å². The number of nitrogens with one attached hydrogen (secondary N) is 1. The van der Waals surface area contributed by atoms with Gasteiger partial charge in [0.1, 0.15) is 5.54 Å². The molecule has 1 aliphatic carbocycles. The molecule has 0 spiro atoms. The molecule has 0 amide bonds. The quantitative estimate of drug-likeness (QED) is 0.658. The van der Waals surface area contributed by atoms with Crippen molar-refractivity contribution < 1.29 is 9.53 Å². The van der Waals surface area contributed by atoms with Crippen LogP contribution in [0.5, 0.6) is 0 Å². The average Bonchev–Trinajstić information content (AvgIpc) is 2.09. The summed E-state index contributed by atoms with van der Waals surface area (Å²) in [5, 5.41) is 3.33. The zero-order valence-electron chi connectivity index (χ0n) is 10.0. The highest BCUT2D eigenvalue weighted by Crippen LogP contribution is 2.32. The number of esters is 1. The van der Waals surface area contributed by atoms with Gasteiger partial charge in [-0.05, 0) is 40.3 Å². The molecule has 0 atom stereocenters. The van der Waals surface area contributed by atoms with E-state index in [1.807, 2.05) is 21.0 Å². The second-order valence-corrected chi connectivity index (χ2v) is 4.39. The lowest BCUT2D eigenvalue weighted by atomic mass is 9.76. The molecule has 1 saturated carbocycles. The van der Waals surface area contributed by atoms with Crippen molar-refractivity contribution in [1.29, 1.82) is 0 Å². The molecule has 0 saturated heterocycles. The van der Waals surface area contributed by atoms with Gasteiger partial charge in [-0.15, -0.1) is 0 Å². The fourth-order valence-corrected chi connectivity index (χ4v) is 1.77. The SMILES string of the molecule is CCOC(=O)C1(NCCN(C)C)CCC1. The zero-order valence-corrected chi connectivity index (χ0v) is 10.0. The van der Waals surface area contributed by atoms with Crippen LogP contribution in [0, 0.1) is 0 Å². The first kappa shape index (κ1) is 12.5. The first-order valence-corrected chi connectivity index (χ1v) is 5.68. The molecular weight excluding hydrogens is 192 g/mol. The van der Waals surface area contributed by atoms with Crippen molar-refractivity contribution in [3.63, 3.8) is 0 Å². The molecule has 1 rings (SSSR count). The van der Waals surface area contributed by atoms with E-state index in [2.05, 4.69) is 10.2 Å². The third-order valence-corrected chi connectivity index (χ3v) is 2.90. The first-order chi connectivity index (χ1) is 7.10. The number of rotatable bonds is 6. The lowest BCUT2D eigenvalue weighted by Crippen LogP contribution is -2.59. The summed E-state index contributed by atoms with van der Waals surface area (Å²) in [5.41, 5.74) is -0.369. The first-order valence-electron chi connectivity index (χ1n) is 5.68. The van der Waals surface area contributed by atoms with Gasteiger partial charge >= 0.3 is 5.97 Å². The highest BCUT2D eigenvalue weighted by Gasteiger charge is 2.44. The van der Waals surface area contributed by atoms with Gasteiger partial charge in [0.25, 0.3) is 0 Å². The van der Waals surface area contributed by atoms with Gasteiger partial charge in [-0.2, -0.15) is 0 Å². The number of likely N-dealkylation sites (N-methyl/N-ethyl adjacent to an activating group) is 1. The fourth-order valence-electron chi connectivity index (χ4n) is 1.77. The molecule has 1 aliphatic rings. The van der Waals surface area contributed by atoms with Crippen LogP contribution in [0.15, 0.2) is 0 Å². The Balaban J connectivity index is 2.36. The Hall–Kier alpha value is -0.610. The van der Waals surface area contributed by atoms with Crippen LogP contribution in [0.1, 0.15) is 26.2 Å². The Kier molecular flexibility index (Phi) is 4.54. The maximum atomic E-state index is 11.7.